The number of hydrogen-bond donors (Lipinski definition) is 1. The van der Waals surface area contributed by atoms with Crippen LogP contribution >= 0.6 is 0 Å². The normalized spacial score (nSPS) is 28.7. The molecule has 3 nitrogen and oxygen atoms in total. The van der Waals surface area contributed by atoms with Crippen molar-refractivity contribution >= 4 is 0 Å². The molecule has 0 amide bonds. The standard InChI is InChI=1S/C16H32N2O/c1-5-14-11-17-16(9-7-6-8-10-16)13-18(14)12-15(2,3)19-4/h14,17H,5-13H2,1-4H3. The Morgan fingerprint density at radius 2 is 1.95 bits per heavy atom. The van der Waals surface area contributed by atoms with Crippen LogP contribution in [0.4, 0.5) is 0 Å². The summed E-state index contributed by atoms with van der Waals surface area (Å²) >= 11 is 0. The number of rotatable bonds is 4. The first kappa shape index (κ1) is 15.3. The Kier molecular flexibility index (Phi) is 4.91. The van der Waals surface area contributed by atoms with Crippen LogP contribution in [0, 0.1) is 0 Å². The van der Waals surface area contributed by atoms with E-state index in [1.54, 1.807) is 0 Å². The Balaban J connectivity index is 2.04. The van der Waals surface area contributed by atoms with Crippen molar-refractivity contribution in [3.05, 3.63) is 0 Å². The van der Waals surface area contributed by atoms with Crippen LogP contribution in [0.2, 0.25) is 0 Å². The molecule has 1 atom stereocenters. The molecule has 1 aliphatic carbocycles. The van der Waals surface area contributed by atoms with Crippen molar-refractivity contribution in [3.63, 3.8) is 0 Å². The highest BCUT2D eigenvalue weighted by atomic mass is 16.5. The lowest BCUT2D eigenvalue weighted by molar-refractivity contribution is -0.0414. The summed E-state index contributed by atoms with van der Waals surface area (Å²) in [6.45, 7) is 10.1. The van der Waals surface area contributed by atoms with Crippen LogP contribution in [-0.4, -0.2) is 48.8 Å². The summed E-state index contributed by atoms with van der Waals surface area (Å²) in [5.74, 6) is 0. The maximum Gasteiger partial charge on any atom is 0.0749 e. The molecule has 1 spiro atoms. The lowest BCUT2D eigenvalue weighted by atomic mass is 9.79. The molecule has 0 aromatic carbocycles. The number of nitrogens with one attached hydrogen (secondary N) is 1. The van der Waals surface area contributed by atoms with Crippen LogP contribution < -0.4 is 5.32 Å². The van der Waals surface area contributed by atoms with E-state index in [2.05, 4.69) is 31.0 Å². The summed E-state index contributed by atoms with van der Waals surface area (Å²) in [6, 6.07) is 0.668. The Hall–Kier alpha value is -0.120. The maximum absolute atomic E-state index is 5.65. The van der Waals surface area contributed by atoms with Gasteiger partial charge in [-0.2, -0.15) is 0 Å². The molecule has 1 heterocycles. The topological polar surface area (TPSA) is 24.5 Å². The Bertz CT molecular complexity index is 284. The van der Waals surface area contributed by atoms with Crippen LogP contribution in [0.1, 0.15) is 59.3 Å². The lowest BCUT2D eigenvalue weighted by Gasteiger charge is -2.51. The Morgan fingerprint density at radius 1 is 1.26 bits per heavy atom. The average Bonchev–Trinajstić information content (AvgIpc) is 2.40. The molecule has 1 N–H and O–H groups in total. The molecule has 0 radical (unpaired) electrons. The second-order valence-electron chi connectivity index (χ2n) is 7.15. The van der Waals surface area contributed by atoms with Crippen LogP contribution in [0.15, 0.2) is 0 Å². The van der Waals surface area contributed by atoms with E-state index in [4.69, 9.17) is 4.74 Å². The van der Waals surface area contributed by atoms with E-state index < -0.39 is 0 Å². The summed E-state index contributed by atoms with van der Waals surface area (Å²) in [5.41, 5.74) is 0.356. The smallest absolute Gasteiger partial charge is 0.0749 e. The molecule has 2 rings (SSSR count). The summed E-state index contributed by atoms with van der Waals surface area (Å²) in [5, 5.41) is 3.89. The third-order valence-electron chi connectivity index (χ3n) is 5.15. The minimum atomic E-state index is -0.0411. The van der Waals surface area contributed by atoms with Crippen LogP contribution in [0.3, 0.4) is 0 Å². The van der Waals surface area contributed by atoms with Crippen LogP contribution in [-0.2, 0) is 4.74 Å². The summed E-state index contributed by atoms with van der Waals surface area (Å²) in [6.07, 6.45) is 8.14. The van der Waals surface area contributed by atoms with E-state index >= 15 is 0 Å². The number of ether oxygens (including phenoxy) is 1. The Morgan fingerprint density at radius 3 is 2.53 bits per heavy atom. The second-order valence-corrected chi connectivity index (χ2v) is 7.15. The number of nitrogens with zero attached hydrogens (tertiary/aromatic N) is 1. The zero-order valence-corrected chi connectivity index (χ0v) is 13.3. The molecule has 1 unspecified atom stereocenters. The fraction of sp³-hybridized carbons (Fsp3) is 1.00. The van der Waals surface area contributed by atoms with Gasteiger partial charge in [0.25, 0.3) is 0 Å². The SMILES string of the molecule is CCC1CNC2(CCCCC2)CN1CC(C)(C)OC. The van der Waals surface area contributed by atoms with Crippen LogP contribution in [0.25, 0.3) is 0 Å². The molecule has 1 saturated carbocycles. The van der Waals surface area contributed by atoms with Gasteiger partial charge in [-0.15, -0.1) is 0 Å². The van der Waals surface area contributed by atoms with Gasteiger partial charge in [-0.25, -0.2) is 0 Å². The van der Waals surface area contributed by atoms with E-state index in [-0.39, 0.29) is 5.60 Å². The van der Waals surface area contributed by atoms with Crippen molar-refractivity contribution < 1.29 is 4.74 Å². The summed E-state index contributed by atoms with van der Waals surface area (Å²) in [4.78, 5) is 2.69. The molecule has 2 aliphatic rings. The molecule has 0 bridgehead atoms. The van der Waals surface area contributed by atoms with Crippen molar-refractivity contribution in [2.75, 3.05) is 26.7 Å². The molecular weight excluding hydrogens is 236 g/mol. The molecule has 0 aromatic rings. The predicted octanol–water partition coefficient (Wildman–Crippen LogP) is 2.80. The van der Waals surface area contributed by atoms with Gasteiger partial charge in [0, 0.05) is 38.3 Å². The van der Waals surface area contributed by atoms with Gasteiger partial charge in [0.1, 0.15) is 0 Å². The second kappa shape index (κ2) is 6.11. The van der Waals surface area contributed by atoms with Gasteiger partial charge in [-0.3, -0.25) is 4.90 Å². The molecule has 1 saturated heterocycles. The monoisotopic (exact) mass is 268 g/mol. The zero-order chi connectivity index (χ0) is 13.9. The largest absolute Gasteiger partial charge is 0.377 e. The molecule has 3 heteroatoms. The van der Waals surface area contributed by atoms with Crippen molar-refractivity contribution in [2.45, 2.75) is 76.5 Å². The highest BCUT2D eigenvalue weighted by Crippen LogP contribution is 2.33. The first-order valence-electron chi connectivity index (χ1n) is 8.04. The number of piperazine rings is 1. The maximum atomic E-state index is 5.65. The predicted molar refractivity (Wildman–Crippen MR) is 80.6 cm³/mol. The Labute approximate surface area is 119 Å². The van der Waals surface area contributed by atoms with Crippen molar-refractivity contribution in [1.82, 2.24) is 10.2 Å². The van der Waals surface area contributed by atoms with E-state index in [1.165, 1.54) is 45.1 Å². The van der Waals surface area contributed by atoms with Gasteiger partial charge < -0.3 is 10.1 Å². The first-order valence-corrected chi connectivity index (χ1v) is 8.04. The van der Waals surface area contributed by atoms with Crippen molar-refractivity contribution in [3.8, 4) is 0 Å². The van der Waals surface area contributed by atoms with Crippen molar-refractivity contribution in [1.29, 1.82) is 0 Å². The fourth-order valence-electron chi connectivity index (χ4n) is 3.74. The van der Waals surface area contributed by atoms with Gasteiger partial charge in [0.05, 0.1) is 5.60 Å². The minimum absolute atomic E-state index is 0.0411. The van der Waals surface area contributed by atoms with E-state index in [0.29, 0.717) is 11.6 Å². The van der Waals surface area contributed by atoms with E-state index in [1.807, 2.05) is 7.11 Å². The van der Waals surface area contributed by atoms with Crippen molar-refractivity contribution in [2.24, 2.45) is 0 Å². The third-order valence-corrected chi connectivity index (χ3v) is 5.15. The van der Waals surface area contributed by atoms with Gasteiger partial charge in [0.2, 0.25) is 0 Å². The van der Waals surface area contributed by atoms with E-state index in [0.717, 1.165) is 13.1 Å². The zero-order valence-electron chi connectivity index (χ0n) is 13.3. The quantitative estimate of drug-likeness (QED) is 0.848. The fourth-order valence-corrected chi connectivity index (χ4v) is 3.74. The van der Waals surface area contributed by atoms with Gasteiger partial charge in [0.15, 0.2) is 0 Å². The highest BCUT2D eigenvalue weighted by Gasteiger charge is 2.40. The minimum Gasteiger partial charge on any atom is -0.377 e. The molecule has 19 heavy (non-hydrogen) atoms. The molecule has 1 aliphatic heterocycles. The van der Waals surface area contributed by atoms with E-state index in [9.17, 15) is 0 Å². The van der Waals surface area contributed by atoms with Crippen LogP contribution in [0.5, 0.6) is 0 Å². The molecule has 2 fully saturated rings. The highest BCUT2D eigenvalue weighted by molar-refractivity contribution is 5.00. The molecule has 112 valence electrons. The van der Waals surface area contributed by atoms with Gasteiger partial charge in [-0.05, 0) is 33.1 Å². The third kappa shape index (κ3) is 3.71. The average molecular weight is 268 g/mol. The summed E-state index contributed by atoms with van der Waals surface area (Å²) in [7, 11) is 1.83. The number of hydrogen-bond acceptors (Lipinski definition) is 3. The number of methoxy groups -OCH3 is 1. The summed E-state index contributed by atoms with van der Waals surface area (Å²) < 4.78 is 5.65. The van der Waals surface area contributed by atoms with Gasteiger partial charge in [-0.1, -0.05) is 26.2 Å². The lowest BCUT2D eigenvalue weighted by Crippen LogP contribution is -2.66. The molecular formula is C16H32N2O. The molecule has 0 aromatic heterocycles. The first-order chi connectivity index (χ1) is 9.00. The van der Waals surface area contributed by atoms with Gasteiger partial charge >= 0.3 is 0 Å².